The molecule has 0 saturated carbocycles. The molecule has 1 N–H and O–H groups in total. The maximum absolute atomic E-state index is 12.3. The van der Waals surface area contributed by atoms with Gasteiger partial charge in [-0.3, -0.25) is 9.89 Å². The van der Waals surface area contributed by atoms with Crippen molar-refractivity contribution in [3.8, 4) is 0 Å². The molecule has 92 valence electrons. The Bertz CT molecular complexity index is 590. The van der Waals surface area contributed by atoms with Crippen molar-refractivity contribution >= 4 is 11.6 Å². The molecule has 18 heavy (non-hydrogen) atoms. The van der Waals surface area contributed by atoms with Gasteiger partial charge in [0.15, 0.2) is 0 Å². The van der Waals surface area contributed by atoms with Gasteiger partial charge in [-0.05, 0) is 18.1 Å². The lowest BCUT2D eigenvalue weighted by Gasteiger charge is -2.14. The van der Waals surface area contributed by atoms with Crippen LogP contribution in [0.4, 0.5) is 5.69 Å². The number of H-pyrrole nitrogens is 1. The van der Waals surface area contributed by atoms with Crippen LogP contribution in [0.3, 0.4) is 0 Å². The smallest absolute Gasteiger partial charge is 0.297 e. The summed E-state index contributed by atoms with van der Waals surface area (Å²) in [5, 5.41) is 6.75. The zero-order valence-electron chi connectivity index (χ0n) is 10.2. The summed E-state index contributed by atoms with van der Waals surface area (Å²) in [6.45, 7) is 2.67. The lowest BCUT2D eigenvalue weighted by Crippen LogP contribution is -2.29. The number of benzene rings is 1. The minimum Gasteiger partial charge on any atom is -0.305 e. The van der Waals surface area contributed by atoms with Crippen molar-refractivity contribution in [3.05, 3.63) is 41.5 Å². The van der Waals surface area contributed by atoms with Gasteiger partial charge >= 0.3 is 0 Å². The average Bonchev–Trinajstić information content (AvgIpc) is 3.04. The van der Waals surface area contributed by atoms with Gasteiger partial charge < -0.3 is 4.90 Å². The summed E-state index contributed by atoms with van der Waals surface area (Å²) in [7, 11) is 0. The van der Waals surface area contributed by atoms with Gasteiger partial charge in [0.25, 0.3) is 5.91 Å². The highest BCUT2D eigenvalue weighted by Gasteiger charge is 2.27. The number of aromatic nitrogens is 3. The maximum Gasteiger partial charge on any atom is 0.297 e. The van der Waals surface area contributed by atoms with Gasteiger partial charge in [-0.25, -0.2) is 4.98 Å². The Kier molecular flexibility index (Phi) is 2.59. The molecule has 2 heterocycles. The minimum atomic E-state index is -0.129. The Balaban J connectivity index is 1.90. The molecule has 1 aromatic carbocycles. The van der Waals surface area contributed by atoms with Crippen LogP contribution in [0.25, 0.3) is 0 Å². The van der Waals surface area contributed by atoms with Gasteiger partial charge in [0, 0.05) is 18.7 Å². The van der Waals surface area contributed by atoms with Crippen LogP contribution in [0.2, 0.25) is 0 Å². The molecule has 0 radical (unpaired) electrons. The van der Waals surface area contributed by atoms with Crippen molar-refractivity contribution < 1.29 is 4.79 Å². The molecule has 0 saturated heterocycles. The second-order valence-corrected chi connectivity index (χ2v) is 4.29. The van der Waals surface area contributed by atoms with E-state index in [2.05, 4.69) is 21.2 Å². The summed E-state index contributed by atoms with van der Waals surface area (Å²) in [4.78, 5) is 18.3. The first kappa shape index (κ1) is 11.0. The number of nitrogens with one attached hydrogen (secondary N) is 1. The summed E-state index contributed by atoms with van der Waals surface area (Å²) < 4.78 is 0. The number of aromatic amines is 1. The second kappa shape index (κ2) is 4.25. The highest BCUT2D eigenvalue weighted by atomic mass is 16.2. The molecular formula is C13H14N4O. The van der Waals surface area contributed by atoms with Crippen molar-refractivity contribution in [2.24, 2.45) is 0 Å². The molecule has 1 aromatic heterocycles. The van der Waals surface area contributed by atoms with Gasteiger partial charge in [-0.15, -0.1) is 5.10 Å². The van der Waals surface area contributed by atoms with E-state index < -0.39 is 0 Å². The van der Waals surface area contributed by atoms with Crippen molar-refractivity contribution in [1.29, 1.82) is 0 Å². The predicted octanol–water partition coefficient (Wildman–Crippen LogP) is 1.57. The van der Waals surface area contributed by atoms with Crippen LogP contribution in [-0.4, -0.2) is 27.6 Å². The van der Waals surface area contributed by atoms with Crippen molar-refractivity contribution in [2.75, 3.05) is 11.4 Å². The van der Waals surface area contributed by atoms with E-state index in [0.717, 1.165) is 24.4 Å². The molecule has 5 nitrogen and oxygen atoms in total. The first-order chi connectivity index (χ1) is 8.79. The van der Waals surface area contributed by atoms with E-state index in [1.54, 1.807) is 4.90 Å². The quantitative estimate of drug-likeness (QED) is 0.869. The number of fused-ring (bicyclic) bond motifs is 1. The largest absolute Gasteiger partial charge is 0.305 e. The zero-order valence-corrected chi connectivity index (χ0v) is 10.2. The van der Waals surface area contributed by atoms with E-state index in [0.29, 0.717) is 6.54 Å². The van der Waals surface area contributed by atoms with E-state index in [9.17, 15) is 4.79 Å². The van der Waals surface area contributed by atoms with Gasteiger partial charge in [-0.1, -0.05) is 25.1 Å². The molecule has 0 atom stereocenters. The number of carbonyl (C=O) groups is 1. The second-order valence-electron chi connectivity index (χ2n) is 4.29. The van der Waals surface area contributed by atoms with E-state index >= 15 is 0 Å². The number of hydrogen-bond donors (Lipinski definition) is 1. The van der Waals surface area contributed by atoms with Crippen LogP contribution in [0.1, 0.15) is 28.9 Å². The van der Waals surface area contributed by atoms with Gasteiger partial charge in [0.2, 0.25) is 5.82 Å². The molecular weight excluding hydrogens is 228 g/mol. The van der Waals surface area contributed by atoms with Gasteiger partial charge in [0.1, 0.15) is 5.82 Å². The molecule has 2 aromatic rings. The SMILES string of the molecule is CCc1nc(C(=O)N2CCc3ccccc32)n[nH]1. The Labute approximate surface area is 105 Å². The highest BCUT2D eigenvalue weighted by molar-refractivity contribution is 6.04. The number of nitrogens with zero attached hydrogens (tertiary/aromatic N) is 3. The summed E-state index contributed by atoms with van der Waals surface area (Å²) >= 11 is 0. The first-order valence-electron chi connectivity index (χ1n) is 6.10. The number of amides is 1. The fraction of sp³-hybridized carbons (Fsp3) is 0.308. The Morgan fingerprint density at radius 1 is 1.44 bits per heavy atom. The standard InChI is InChI=1S/C13H14N4O/c1-2-11-14-12(16-15-11)13(18)17-8-7-9-5-3-4-6-10(9)17/h3-6H,2,7-8H2,1H3,(H,14,15,16). The third-order valence-corrected chi connectivity index (χ3v) is 3.19. The fourth-order valence-corrected chi connectivity index (χ4v) is 2.22. The lowest BCUT2D eigenvalue weighted by molar-refractivity contribution is 0.0980. The molecule has 0 bridgehead atoms. The van der Waals surface area contributed by atoms with Crippen LogP contribution in [0.5, 0.6) is 0 Å². The number of para-hydroxylation sites is 1. The molecule has 1 aliphatic heterocycles. The zero-order chi connectivity index (χ0) is 12.5. The van der Waals surface area contributed by atoms with E-state index in [4.69, 9.17) is 0 Å². The minimum absolute atomic E-state index is 0.129. The molecule has 0 fully saturated rings. The Hall–Kier alpha value is -2.17. The van der Waals surface area contributed by atoms with Crippen LogP contribution < -0.4 is 4.90 Å². The highest BCUT2D eigenvalue weighted by Crippen LogP contribution is 2.28. The van der Waals surface area contributed by atoms with Gasteiger partial charge in [0.05, 0.1) is 0 Å². The lowest BCUT2D eigenvalue weighted by atomic mass is 10.2. The van der Waals surface area contributed by atoms with E-state index in [1.807, 2.05) is 25.1 Å². The fourth-order valence-electron chi connectivity index (χ4n) is 2.22. The molecule has 3 rings (SSSR count). The number of carbonyl (C=O) groups excluding carboxylic acids is 1. The third-order valence-electron chi connectivity index (χ3n) is 3.19. The Morgan fingerprint density at radius 3 is 3.06 bits per heavy atom. The normalized spacial score (nSPS) is 13.7. The number of hydrogen-bond acceptors (Lipinski definition) is 3. The molecule has 1 aliphatic rings. The van der Waals surface area contributed by atoms with E-state index in [1.165, 1.54) is 5.56 Å². The van der Waals surface area contributed by atoms with Gasteiger partial charge in [-0.2, -0.15) is 0 Å². The monoisotopic (exact) mass is 242 g/mol. The topological polar surface area (TPSA) is 61.9 Å². The van der Waals surface area contributed by atoms with Crippen molar-refractivity contribution in [1.82, 2.24) is 15.2 Å². The summed E-state index contributed by atoms with van der Waals surface area (Å²) in [5.41, 5.74) is 2.18. The van der Waals surface area contributed by atoms with Crippen molar-refractivity contribution in [2.45, 2.75) is 19.8 Å². The predicted molar refractivity (Wildman–Crippen MR) is 67.6 cm³/mol. The molecule has 0 aliphatic carbocycles. The number of anilines is 1. The Morgan fingerprint density at radius 2 is 2.28 bits per heavy atom. The van der Waals surface area contributed by atoms with E-state index in [-0.39, 0.29) is 11.7 Å². The number of aryl methyl sites for hydroxylation is 1. The summed E-state index contributed by atoms with van der Waals surface area (Å²) in [6, 6.07) is 7.96. The third kappa shape index (κ3) is 1.68. The summed E-state index contributed by atoms with van der Waals surface area (Å²) in [6.07, 6.45) is 1.64. The molecule has 5 heteroatoms. The molecule has 0 spiro atoms. The molecule has 0 unspecified atom stereocenters. The van der Waals surface area contributed by atoms with Crippen LogP contribution >= 0.6 is 0 Å². The maximum atomic E-state index is 12.3. The van der Waals surface area contributed by atoms with Crippen molar-refractivity contribution in [3.63, 3.8) is 0 Å². The van der Waals surface area contributed by atoms with Crippen LogP contribution in [0.15, 0.2) is 24.3 Å². The van der Waals surface area contributed by atoms with Crippen LogP contribution in [0, 0.1) is 0 Å². The number of rotatable bonds is 2. The molecule has 1 amide bonds. The summed E-state index contributed by atoms with van der Waals surface area (Å²) in [5.74, 6) is 0.866. The average molecular weight is 242 g/mol. The van der Waals surface area contributed by atoms with Crippen LogP contribution in [-0.2, 0) is 12.8 Å². The first-order valence-corrected chi connectivity index (χ1v) is 6.10.